The van der Waals surface area contributed by atoms with E-state index in [1.165, 1.54) is 6.07 Å². The van der Waals surface area contributed by atoms with Gasteiger partial charge >= 0.3 is 5.97 Å². The zero-order valence-corrected chi connectivity index (χ0v) is 11.9. The highest BCUT2D eigenvalue weighted by Crippen LogP contribution is 2.21. The fourth-order valence-electron chi connectivity index (χ4n) is 1.61. The molecule has 1 N–H and O–H groups in total. The fourth-order valence-corrected chi connectivity index (χ4v) is 2.45. The molecule has 0 spiro atoms. The molecule has 0 aromatic heterocycles. The molecule has 1 aromatic rings. The maximum Gasteiger partial charge on any atom is 0.336 e. The number of hydrogen-bond acceptors (Lipinski definition) is 4. The van der Waals surface area contributed by atoms with E-state index in [0.717, 1.165) is 0 Å². The lowest BCUT2D eigenvalue weighted by Crippen LogP contribution is -2.12. The zero-order valence-electron chi connectivity index (χ0n) is 11.0. The van der Waals surface area contributed by atoms with Gasteiger partial charge in [0.1, 0.15) is 15.6 Å². The molecule has 0 aliphatic carbocycles. The molecule has 0 aliphatic rings. The number of benzene rings is 1. The quantitative estimate of drug-likeness (QED) is 0.774. The summed E-state index contributed by atoms with van der Waals surface area (Å²) < 4.78 is 28.0. The van der Waals surface area contributed by atoms with Gasteiger partial charge in [-0.2, -0.15) is 0 Å². The predicted molar refractivity (Wildman–Crippen MR) is 72.6 cm³/mol. The second kappa shape index (κ2) is 6.56. The largest absolute Gasteiger partial charge is 0.493 e. The van der Waals surface area contributed by atoms with E-state index in [-0.39, 0.29) is 23.7 Å². The average molecular weight is 286 g/mol. The van der Waals surface area contributed by atoms with E-state index < -0.39 is 15.8 Å². The van der Waals surface area contributed by atoms with E-state index >= 15 is 0 Å². The van der Waals surface area contributed by atoms with Crippen molar-refractivity contribution in [1.29, 1.82) is 0 Å². The summed E-state index contributed by atoms with van der Waals surface area (Å²) >= 11 is 0. The zero-order chi connectivity index (χ0) is 14.5. The fraction of sp³-hybridized carbons (Fsp3) is 0.462. The number of carbonyl (C=O) groups is 1. The molecule has 0 radical (unpaired) electrons. The van der Waals surface area contributed by atoms with Gasteiger partial charge in [0, 0.05) is 11.3 Å². The molecule has 0 bridgehead atoms. The highest BCUT2D eigenvalue weighted by atomic mass is 32.2. The van der Waals surface area contributed by atoms with Gasteiger partial charge in [-0.1, -0.05) is 13.0 Å². The molecule has 6 heteroatoms. The van der Waals surface area contributed by atoms with Crippen LogP contribution in [0.15, 0.2) is 18.2 Å². The van der Waals surface area contributed by atoms with Gasteiger partial charge in [-0.05, 0) is 25.5 Å². The standard InChI is InChI=1S/C13H18O5S/c1-3-19(16,17)9-5-8-18-12-7-4-6-11(10(12)2)13(14)15/h4,6-7H,3,5,8-9H2,1-2H3,(H,14,15). The van der Waals surface area contributed by atoms with Gasteiger partial charge in [0.25, 0.3) is 0 Å². The normalized spacial score (nSPS) is 11.3. The summed E-state index contributed by atoms with van der Waals surface area (Å²) in [5, 5.41) is 8.97. The number of rotatable bonds is 7. The second-order valence-electron chi connectivity index (χ2n) is 4.17. The van der Waals surface area contributed by atoms with E-state index in [1.807, 2.05) is 0 Å². The topological polar surface area (TPSA) is 80.7 Å². The first kappa shape index (κ1) is 15.5. The van der Waals surface area contributed by atoms with Crippen LogP contribution in [0.2, 0.25) is 0 Å². The molecule has 0 unspecified atom stereocenters. The molecular formula is C13H18O5S. The smallest absolute Gasteiger partial charge is 0.336 e. The summed E-state index contributed by atoms with van der Waals surface area (Å²) in [6, 6.07) is 4.79. The minimum atomic E-state index is -2.98. The lowest BCUT2D eigenvalue weighted by atomic mass is 10.1. The predicted octanol–water partition coefficient (Wildman–Crippen LogP) is 1.90. The van der Waals surface area contributed by atoms with E-state index in [1.54, 1.807) is 26.0 Å². The van der Waals surface area contributed by atoms with Crippen molar-refractivity contribution in [3.05, 3.63) is 29.3 Å². The molecule has 0 atom stereocenters. The second-order valence-corrected chi connectivity index (χ2v) is 6.64. The average Bonchev–Trinajstić information content (AvgIpc) is 2.36. The van der Waals surface area contributed by atoms with Crippen LogP contribution in [0.25, 0.3) is 0 Å². The Kier molecular flexibility index (Phi) is 5.35. The molecule has 0 saturated heterocycles. The van der Waals surface area contributed by atoms with Crippen molar-refractivity contribution in [2.45, 2.75) is 20.3 Å². The van der Waals surface area contributed by atoms with Crippen LogP contribution in [-0.2, 0) is 9.84 Å². The minimum Gasteiger partial charge on any atom is -0.493 e. The Balaban J connectivity index is 2.60. The van der Waals surface area contributed by atoms with Gasteiger partial charge < -0.3 is 9.84 Å². The molecule has 0 fully saturated rings. The first-order valence-electron chi connectivity index (χ1n) is 6.03. The van der Waals surface area contributed by atoms with Crippen molar-refractivity contribution in [2.24, 2.45) is 0 Å². The van der Waals surface area contributed by atoms with Crippen LogP contribution >= 0.6 is 0 Å². The lowest BCUT2D eigenvalue weighted by molar-refractivity contribution is 0.0695. The molecule has 0 heterocycles. The van der Waals surface area contributed by atoms with Crippen LogP contribution in [0.3, 0.4) is 0 Å². The van der Waals surface area contributed by atoms with Crippen LogP contribution in [0.4, 0.5) is 0 Å². The number of hydrogen-bond donors (Lipinski definition) is 1. The maximum absolute atomic E-state index is 11.3. The van der Waals surface area contributed by atoms with E-state index in [0.29, 0.717) is 17.7 Å². The third-order valence-corrected chi connectivity index (χ3v) is 4.60. The van der Waals surface area contributed by atoms with Crippen LogP contribution in [-0.4, -0.2) is 37.6 Å². The van der Waals surface area contributed by atoms with Crippen molar-refractivity contribution in [3.63, 3.8) is 0 Å². The van der Waals surface area contributed by atoms with Gasteiger partial charge in [-0.15, -0.1) is 0 Å². The third kappa shape index (κ3) is 4.55. The highest BCUT2D eigenvalue weighted by molar-refractivity contribution is 7.91. The first-order chi connectivity index (χ1) is 8.87. The molecule has 19 heavy (non-hydrogen) atoms. The summed E-state index contributed by atoms with van der Waals surface area (Å²) in [5.41, 5.74) is 0.743. The Morgan fingerprint density at radius 3 is 2.63 bits per heavy atom. The Morgan fingerprint density at radius 1 is 1.37 bits per heavy atom. The maximum atomic E-state index is 11.3. The number of carboxylic acid groups (broad SMARTS) is 1. The van der Waals surface area contributed by atoms with Crippen LogP contribution in [0.1, 0.15) is 29.3 Å². The Morgan fingerprint density at radius 2 is 2.05 bits per heavy atom. The SMILES string of the molecule is CCS(=O)(=O)CCCOc1cccc(C(=O)O)c1C. The van der Waals surface area contributed by atoms with Crippen molar-refractivity contribution in [3.8, 4) is 5.75 Å². The van der Waals surface area contributed by atoms with Crippen molar-refractivity contribution >= 4 is 15.8 Å². The molecule has 0 aliphatic heterocycles. The molecule has 1 aromatic carbocycles. The molecular weight excluding hydrogens is 268 g/mol. The number of carboxylic acids is 1. The summed E-state index contributed by atoms with van der Waals surface area (Å²) in [7, 11) is -2.98. The van der Waals surface area contributed by atoms with Gasteiger partial charge in [0.15, 0.2) is 0 Å². The van der Waals surface area contributed by atoms with E-state index in [2.05, 4.69) is 0 Å². The van der Waals surface area contributed by atoms with Crippen LogP contribution in [0.5, 0.6) is 5.75 Å². The Hall–Kier alpha value is -1.56. The van der Waals surface area contributed by atoms with Gasteiger partial charge in [0.05, 0.1) is 17.9 Å². The summed E-state index contributed by atoms with van der Waals surface area (Å²) in [6.07, 6.45) is 0.396. The van der Waals surface area contributed by atoms with E-state index in [9.17, 15) is 13.2 Å². The van der Waals surface area contributed by atoms with Gasteiger partial charge in [-0.3, -0.25) is 0 Å². The Labute approximate surface area is 113 Å². The summed E-state index contributed by atoms with van der Waals surface area (Å²) in [4.78, 5) is 10.9. The summed E-state index contributed by atoms with van der Waals surface area (Å²) in [5.74, 6) is -0.313. The van der Waals surface area contributed by atoms with Crippen molar-refractivity contribution in [1.82, 2.24) is 0 Å². The Bertz CT molecular complexity index is 548. The van der Waals surface area contributed by atoms with Gasteiger partial charge in [0.2, 0.25) is 0 Å². The third-order valence-electron chi connectivity index (χ3n) is 2.81. The van der Waals surface area contributed by atoms with Crippen LogP contribution in [0, 0.1) is 6.92 Å². The number of ether oxygens (including phenoxy) is 1. The highest BCUT2D eigenvalue weighted by Gasteiger charge is 2.11. The van der Waals surface area contributed by atoms with E-state index in [4.69, 9.17) is 9.84 Å². The van der Waals surface area contributed by atoms with Gasteiger partial charge in [-0.25, -0.2) is 13.2 Å². The van der Waals surface area contributed by atoms with Crippen molar-refractivity contribution in [2.75, 3.05) is 18.1 Å². The summed E-state index contributed by atoms with van der Waals surface area (Å²) in [6.45, 7) is 3.53. The minimum absolute atomic E-state index is 0.0845. The van der Waals surface area contributed by atoms with Crippen molar-refractivity contribution < 1.29 is 23.1 Å². The number of sulfone groups is 1. The molecule has 0 saturated carbocycles. The molecule has 1 rings (SSSR count). The number of aromatic carboxylic acids is 1. The van der Waals surface area contributed by atoms with Crippen LogP contribution < -0.4 is 4.74 Å². The lowest BCUT2D eigenvalue weighted by Gasteiger charge is -2.10. The molecule has 106 valence electrons. The monoisotopic (exact) mass is 286 g/mol. The molecule has 5 nitrogen and oxygen atoms in total. The molecule has 0 amide bonds. The first-order valence-corrected chi connectivity index (χ1v) is 7.85.